The summed E-state index contributed by atoms with van der Waals surface area (Å²) in [4.78, 5) is 27.7. The standard InChI is InChI=1S/C15H14BrF2N3O3S/c16-8-3-11-9(4-10(8)24-15(17)18)21-14(25-11)5-12(22)19-6-13(23)20-7-1-2-7/h3-4,7,15H,1-2,5-6H2,(H,19,22)(H,20,23). The molecule has 1 fully saturated rings. The lowest BCUT2D eigenvalue weighted by Gasteiger charge is -2.05. The molecule has 0 radical (unpaired) electrons. The zero-order valence-electron chi connectivity index (χ0n) is 12.9. The number of ether oxygens (including phenoxy) is 1. The van der Waals surface area contributed by atoms with Gasteiger partial charge in [-0.2, -0.15) is 8.78 Å². The average molecular weight is 434 g/mol. The van der Waals surface area contributed by atoms with Gasteiger partial charge in [0.25, 0.3) is 0 Å². The number of thiazole rings is 1. The maximum atomic E-state index is 12.4. The molecule has 2 amide bonds. The quantitative estimate of drug-likeness (QED) is 0.702. The van der Waals surface area contributed by atoms with Crippen molar-refractivity contribution in [3.8, 4) is 5.75 Å². The molecule has 134 valence electrons. The Bertz CT molecular complexity index is 811. The Balaban J connectivity index is 1.60. The van der Waals surface area contributed by atoms with Crippen molar-refractivity contribution in [2.24, 2.45) is 0 Å². The van der Waals surface area contributed by atoms with E-state index in [1.807, 2.05) is 0 Å². The van der Waals surface area contributed by atoms with E-state index >= 15 is 0 Å². The van der Waals surface area contributed by atoms with E-state index in [0.717, 1.165) is 17.5 Å². The van der Waals surface area contributed by atoms with Crippen LogP contribution in [0.2, 0.25) is 0 Å². The number of hydrogen-bond acceptors (Lipinski definition) is 5. The maximum absolute atomic E-state index is 12.4. The highest BCUT2D eigenvalue weighted by molar-refractivity contribution is 9.10. The smallest absolute Gasteiger partial charge is 0.387 e. The summed E-state index contributed by atoms with van der Waals surface area (Å²) in [6.45, 7) is -3.00. The Morgan fingerprint density at radius 2 is 2.12 bits per heavy atom. The van der Waals surface area contributed by atoms with Crippen molar-refractivity contribution in [1.29, 1.82) is 0 Å². The van der Waals surface area contributed by atoms with Crippen LogP contribution in [0.15, 0.2) is 16.6 Å². The zero-order chi connectivity index (χ0) is 18.0. The van der Waals surface area contributed by atoms with Crippen LogP contribution in [-0.4, -0.2) is 36.0 Å². The Labute approximate surface area is 154 Å². The van der Waals surface area contributed by atoms with Crippen LogP contribution in [-0.2, 0) is 16.0 Å². The van der Waals surface area contributed by atoms with Gasteiger partial charge in [0.1, 0.15) is 10.8 Å². The van der Waals surface area contributed by atoms with Gasteiger partial charge in [0.15, 0.2) is 0 Å². The first-order valence-corrected chi connectivity index (χ1v) is 9.11. The van der Waals surface area contributed by atoms with E-state index in [4.69, 9.17) is 0 Å². The monoisotopic (exact) mass is 433 g/mol. The fourth-order valence-corrected chi connectivity index (χ4v) is 3.70. The molecule has 10 heteroatoms. The van der Waals surface area contributed by atoms with Crippen molar-refractivity contribution in [3.05, 3.63) is 21.6 Å². The number of halogens is 3. The van der Waals surface area contributed by atoms with Crippen molar-refractivity contribution >= 4 is 49.3 Å². The van der Waals surface area contributed by atoms with E-state index in [2.05, 4.69) is 36.3 Å². The fourth-order valence-electron chi connectivity index (χ4n) is 2.12. The van der Waals surface area contributed by atoms with Gasteiger partial charge in [-0.1, -0.05) is 0 Å². The predicted octanol–water partition coefficient (Wildman–Crippen LogP) is 2.60. The molecule has 0 atom stereocenters. The highest BCUT2D eigenvalue weighted by atomic mass is 79.9. The van der Waals surface area contributed by atoms with Crippen LogP contribution in [0, 0.1) is 0 Å². The van der Waals surface area contributed by atoms with Gasteiger partial charge in [-0.15, -0.1) is 11.3 Å². The Kier molecular flexibility index (Phi) is 5.48. The van der Waals surface area contributed by atoms with E-state index < -0.39 is 6.61 Å². The van der Waals surface area contributed by atoms with Crippen LogP contribution < -0.4 is 15.4 Å². The molecule has 0 aliphatic heterocycles. The molecule has 1 aromatic heterocycles. The number of hydrogen-bond donors (Lipinski definition) is 2. The first-order chi connectivity index (χ1) is 11.9. The van der Waals surface area contributed by atoms with Crippen LogP contribution in [0.4, 0.5) is 8.78 Å². The third-order valence-corrected chi connectivity index (χ3v) is 5.04. The first-order valence-electron chi connectivity index (χ1n) is 7.50. The third-order valence-electron chi connectivity index (χ3n) is 3.40. The number of amides is 2. The molecule has 1 aliphatic rings. The van der Waals surface area contributed by atoms with E-state index in [9.17, 15) is 18.4 Å². The number of aromatic nitrogens is 1. The normalized spacial score (nSPS) is 13.9. The number of carbonyl (C=O) groups is 2. The van der Waals surface area contributed by atoms with E-state index in [0.29, 0.717) is 15.0 Å². The van der Waals surface area contributed by atoms with Crippen molar-refractivity contribution in [2.45, 2.75) is 31.9 Å². The third kappa shape index (κ3) is 5.08. The number of nitrogens with one attached hydrogen (secondary N) is 2. The summed E-state index contributed by atoms with van der Waals surface area (Å²) in [5.41, 5.74) is 0.470. The molecule has 2 N–H and O–H groups in total. The highest BCUT2D eigenvalue weighted by Gasteiger charge is 2.23. The summed E-state index contributed by atoms with van der Waals surface area (Å²) in [5.74, 6) is -0.549. The van der Waals surface area contributed by atoms with Crippen molar-refractivity contribution in [3.63, 3.8) is 0 Å². The molecule has 0 saturated heterocycles. The summed E-state index contributed by atoms with van der Waals surface area (Å²) in [6, 6.07) is 3.26. The second-order valence-corrected chi connectivity index (χ2v) is 7.50. The largest absolute Gasteiger partial charge is 0.434 e. The SMILES string of the molecule is O=C(Cc1nc2cc(OC(F)F)c(Br)cc2s1)NCC(=O)NC1CC1. The molecule has 2 aromatic rings. The van der Waals surface area contributed by atoms with Gasteiger partial charge in [0.05, 0.1) is 27.7 Å². The molecular formula is C15H14BrF2N3O3S. The van der Waals surface area contributed by atoms with Gasteiger partial charge in [-0.05, 0) is 34.8 Å². The van der Waals surface area contributed by atoms with Gasteiger partial charge in [-0.3, -0.25) is 9.59 Å². The molecule has 0 unspecified atom stereocenters. The fraction of sp³-hybridized carbons (Fsp3) is 0.400. The van der Waals surface area contributed by atoms with Gasteiger partial charge in [0, 0.05) is 12.1 Å². The molecule has 1 aromatic carbocycles. The number of benzene rings is 1. The summed E-state index contributed by atoms with van der Waals surface area (Å²) in [7, 11) is 0. The number of fused-ring (bicyclic) bond motifs is 1. The van der Waals surface area contributed by atoms with Crippen LogP contribution in [0.5, 0.6) is 5.75 Å². The number of carbonyl (C=O) groups excluding carboxylic acids is 2. The lowest BCUT2D eigenvalue weighted by atomic mass is 10.3. The predicted molar refractivity (Wildman–Crippen MR) is 91.8 cm³/mol. The zero-order valence-corrected chi connectivity index (χ0v) is 15.3. The van der Waals surface area contributed by atoms with Gasteiger partial charge in [0.2, 0.25) is 11.8 Å². The van der Waals surface area contributed by atoms with Crippen molar-refractivity contribution in [2.75, 3.05) is 6.54 Å². The molecule has 25 heavy (non-hydrogen) atoms. The number of nitrogens with zero attached hydrogens (tertiary/aromatic N) is 1. The maximum Gasteiger partial charge on any atom is 0.387 e. The highest BCUT2D eigenvalue weighted by Crippen LogP contribution is 2.34. The van der Waals surface area contributed by atoms with Crippen molar-refractivity contribution < 1.29 is 23.1 Å². The van der Waals surface area contributed by atoms with E-state index in [-0.39, 0.29) is 36.6 Å². The first kappa shape index (κ1) is 18.0. The Hall–Kier alpha value is -1.81. The molecule has 6 nitrogen and oxygen atoms in total. The second-order valence-electron chi connectivity index (χ2n) is 5.53. The minimum Gasteiger partial charge on any atom is -0.434 e. The topological polar surface area (TPSA) is 80.3 Å². The Morgan fingerprint density at radius 3 is 2.80 bits per heavy atom. The Morgan fingerprint density at radius 1 is 1.36 bits per heavy atom. The molecule has 0 bridgehead atoms. The van der Waals surface area contributed by atoms with Crippen LogP contribution in [0.3, 0.4) is 0 Å². The minimum absolute atomic E-state index is 0.0126. The number of alkyl halides is 2. The molecule has 3 rings (SSSR count). The summed E-state index contributed by atoms with van der Waals surface area (Å²) in [5, 5.41) is 5.84. The minimum atomic E-state index is -2.93. The summed E-state index contributed by atoms with van der Waals surface area (Å²) < 4.78 is 30.3. The van der Waals surface area contributed by atoms with Crippen molar-refractivity contribution in [1.82, 2.24) is 15.6 Å². The molecule has 1 aliphatic carbocycles. The average Bonchev–Trinajstić information content (AvgIpc) is 3.25. The number of rotatable bonds is 7. The molecule has 1 saturated carbocycles. The van der Waals surface area contributed by atoms with Gasteiger partial charge >= 0.3 is 6.61 Å². The second kappa shape index (κ2) is 7.61. The summed E-state index contributed by atoms with van der Waals surface area (Å²) in [6.07, 6.45) is 1.98. The van der Waals surface area contributed by atoms with E-state index in [1.54, 1.807) is 6.07 Å². The van der Waals surface area contributed by atoms with Gasteiger partial charge < -0.3 is 15.4 Å². The summed E-state index contributed by atoms with van der Waals surface area (Å²) >= 11 is 4.44. The van der Waals surface area contributed by atoms with Gasteiger partial charge in [-0.25, -0.2) is 4.98 Å². The lowest BCUT2D eigenvalue weighted by molar-refractivity contribution is -0.125. The molecule has 1 heterocycles. The van der Waals surface area contributed by atoms with Crippen LogP contribution in [0.25, 0.3) is 10.2 Å². The van der Waals surface area contributed by atoms with Crippen LogP contribution in [0.1, 0.15) is 17.8 Å². The molecule has 0 spiro atoms. The molecular weight excluding hydrogens is 420 g/mol. The lowest BCUT2D eigenvalue weighted by Crippen LogP contribution is -2.38. The van der Waals surface area contributed by atoms with E-state index in [1.165, 1.54) is 17.4 Å². The van der Waals surface area contributed by atoms with Crippen LogP contribution >= 0.6 is 27.3 Å².